The van der Waals surface area contributed by atoms with Crippen molar-refractivity contribution in [3.8, 4) is 11.5 Å². The van der Waals surface area contributed by atoms with Crippen LogP contribution in [-0.2, 0) is 16.6 Å². The van der Waals surface area contributed by atoms with Crippen molar-refractivity contribution in [1.29, 1.82) is 0 Å². The summed E-state index contributed by atoms with van der Waals surface area (Å²) >= 11 is 0. The first kappa shape index (κ1) is 18.0. The SMILES string of the molecule is CN(C)S(=O)(=O)C[C@@H]1CN(Cc2nnc(-c3ccccc3)o2)C[C@@H]1O. The van der Waals surface area contributed by atoms with Gasteiger partial charge in [-0.2, -0.15) is 0 Å². The predicted octanol–water partition coefficient (Wildman–Crippen LogP) is 0.421. The van der Waals surface area contributed by atoms with Crippen molar-refractivity contribution in [2.24, 2.45) is 5.92 Å². The van der Waals surface area contributed by atoms with Crippen molar-refractivity contribution >= 4 is 10.0 Å². The summed E-state index contributed by atoms with van der Waals surface area (Å²) in [6, 6.07) is 9.48. The molecule has 25 heavy (non-hydrogen) atoms. The molecule has 1 aromatic heterocycles. The van der Waals surface area contributed by atoms with Gasteiger partial charge in [-0.15, -0.1) is 10.2 Å². The number of β-amino-alcohol motifs (C(OH)–C–C–N with tert-alkyl or cyclic N) is 1. The fourth-order valence-electron chi connectivity index (χ4n) is 2.86. The Morgan fingerprint density at radius 1 is 1.24 bits per heavy atom. The largest absolute Gasteiger partial charge is 0.419 e. The van der Waals surface area contributed by atoms with Gasteiger partial charge in [0.2, 0.25) is 21.8 Å². The Bertz CT molecular complexity index is 807. The second-order valence-corrected chi connectivity index (χ2v) is 8.68. The second-order valence-electron chi connectivity index (χ2n) is 6.45. The van der Waals surface area contributed by atoms with Crippen LogP contribution in [0.5, 0.6) is 0 Å². The number of hydrogen-bond donors (Lipinski definition) is 1. The topological polar surface area (TPSA) is 99.8 Å². The Morgan fingerprint density at radius 2 is 1.96 bits per heavy atom. The van der Waals surface area contributed by atoms with E-state index < -0.39 is 16.1 Å². The fourth-order valence-corrected chi connectivity index (χ4v) is 4.03. The van der Waals surface area contributed by atoms with Crippen molar-refractivity contribution in [1.82, 2.24) is 19.4 Å². The van der Waals surface area contributed by atoms with Gasteiger partial charge in [-0.3, -0.25) is 4.90 Å². The molecule has 2 heterocycles. The van der Waals surface area contributed by atoms with Crippen LogP contribution in [0.3, 0.4) is 0 Å². The molecule has 0 spiro atoms. The minimum atomic E-state index is -3.35. The zero-order chi connectivity index (χ0) is 18.0. The van der Waals surface area contributed by atoms with Gasteiger partial charge in [0.05, 0.1) is 18.4 Å². The van der Waals surface area contributed by atoms with E-state index >= 15 is 0 Å². The van der Waals surface area contributed by atoms with E-state index in [1.807, 2.05) is 35.2 Å². The smallest absolute Gasteiger partial charge is 0.247 e. The molecule has 2 aromatic rings. The zero-order valence-corrected chi connectivity index (χ0v) is 15.1. The van der Waals surface area contributed by atoms with Crippen molar-refractivity contribution in [2.45, 2.75) is 12.6 Å². The molecule has 136 valence electrons. The van der Waals surface area contributed by atoms with Gasteiger partial charge < -0.3 is 9.52 Å². The molecule has 0 amide bonds. The highest BCUT2D eigenvalue weighted by atomic mass is 32.2. The molecule has 1 aliphatic rings. The van der Waals surface area contributed by atoms with E-state index in [0.717, 1.165) is 5.56 Å². The van der Waals surface area contributed by atoms with Crippen molar-refractivity contribution < 1.29 is 17.9 Å². The monoisotopic (exact) mass is 366 g/mol. The van der Waals surface area contributed by atoms with E-state index in [1.54, 1.807) is 0 Å². The van der Waals surface area contributed by atoms with Crippen molar-refractivity contribution in [2.75, 3.05) is 32.9 Å². The molecule has 2 atom stereocenters. The summed E-state index contributed by atoms with van der Waals surface area (Å²) in [6.45, 7) is 1.24. The van der Waals surface area contributed by atoms with E-state index in [9.17, 15) is 13.5 Å². The second kappa shape index (κ2) is 7.20. The first-order chi connectivity index (χ1) is 11.8. The van der Waals surface area contributed by atoms with Gasteiger partial charge in [-0.25, -0.2) is 12.7 Å². The third kappa shape index (κ3) is 4.24. The maximum absolute atomic E-state index is 12.0. The Labute approximate surface area is 147 Å². The molecule has 1 N–H and O–H groups in total. The molecule has 1 fully saturated rings. The molecule has 0 saturated carbocycles. The molecule has 0 unspecified atom stereocenters. The minimum Gasteiger partial charge on any atom is -0.419 e. The number of rotatable bonds is 6. The molecule has 3 rings (SSSR count). The molecular weight excluding hydrogens is 344 g/mol. The normalized spacial score (nSPS) is 21.9. The molecule has 1 saturated heterocycles. The quantitative estimate of drug-likeness (QED) is 0.791. The maximum Gasteiger partial charge on any atom is 0.247 e. The van der Waals surface area contributed by atoms with Gasteiger partial charge in [0.15, 0.2) is 0 Å². The third-order valence-electron chi connectivity index (χ3n) is 4.31. The maximum atomic E-state index is 12.0. The summed E-state index contributed by atoms with van der Waals surface area (Å²) in [5.41, 5.74) is 0.845. The summed E-state index contributed by atoms with van der Waals surface area (Å²) < 4.78 is 30.9. The highest BCUT2D eigenvalue weighted by Crippen LogP contribution is 2.23. The van der Waals surface area contributed by atoms with Crippen LogP contribution < -0.4 is 0 Å². The summed E-state index contributed by atoms with van der Waals surface area (Å²) in [4.78, 5) is 1.93. The summed E-state index contributed by atoms with van der Waals surface area (Å²) in [7, 11) is -0.351. The fraction of sp³-hybridized carbons (Fsp3) is 0.500. The van der Waals surface area contributed by atoms with Gasteiger partial charge in [-0.05, 0) is 12.1 Å². The van der Waals surface area contributed by atoms with Crippen LogP contribution in [0.15, 0.2) is 34.7 Å². The van der Waals surface area contributed by atoms with Crippen molar-refractivity contribution in [3.63, 3.8) is 0 Å². The van der Waals surface area contributed by atoms with Crippen LogP contribution in [0.25, 0.3) is 11.5 Å². The van der Waals surface area contributed by atoms with Crippen LogP contribution in [0.4, 0.5) is 0 Å². The Kier molecular flexibility index (Phi) is 5.19. The van der Waals surface area contributed by atoms with Crippen LogP contribution in [0, 0.1) is 5.92 Å². The number of benzene rings is 1. The molecule has 0 aliphatic carbocycles. The average molecular weight is 366 g/mol. The van der Waals surface area contributed by atoms with Crippen LogP contribution in [0.2, 0.25) is 0 Å². The third-order valence-corrected chi connectivity index (χ3v) is 6.27. The van der Waals surface area contributed by atoms with E-state index in [0.29, 0.717) is 31.4 Å². The lowest BCUT2D eigenvalue weighted by Gasteiger charge is -2.17. The van der Waals surface area contributed by atoms with Gasteiger partial charge in [0.25, 0.3) is 0 Å². The lowest BCUT2D eigenvalue weighted by atomic mass is 10.1. The standard InChI is InChI=1S/C16H22N4O4S/c1-19(2)25(22,23)11-13-8-20(9-14(13)21)10-15-17-18-16(24-15)12-6-4-3-5-7-12/h3-7,13-14,21H,8-11H2,1-2H3/t13-,14-/m0/s1. The summed E-state index contributed by atoms with van der Waals surface area (Å²) in [5, 5.41) is 18.3. The Morgan fingerprint density at radius 3 is 2.64 bits per heavy atom. The number of nitrogens with zero attached hydrogens (tertiary/aromatic N) is 4. The highest BCUT2D eigenvalue weighted by molar-refractivity contribution is 7.89. The number of likely N-dealkylation sites (tertiary alicyclic amines) is 1. The van der Waals surface area contributed by atoms with E-state index in [1.165, 1.54) is 18.4 Å². The van der Waals surface area contributed by atoms with Crippen molar-refractivity contribution in [3.05, 3.63) is 36.2 Å². The first-order valence-corrected chi connectivity index (χ1v) is 9.64. The van der Waals surface area contributed by atoms with Gasteiger partial charge >= 0.3 is 0 Å². The highest BCUT2D eigenvalue weighted by Gasteiger charge is 2.35. The van der Waals surface area contributed by atoms with E-state index in [4.69, 9.17) is 4.42 Å². The van der Waals surface area contributed by atoms with Gasteiger partial charge in [0, 0.05) is 38.7 Å². The summed E-state index contributed by atoms with van der Waals surface area (Å²) in [6.07, 6.45) is -0.689. The predicted molar refractivity (Wildman–Crippen MR) is 92.0 cm³/mol. The van der Waals surface area contributed by atoms with E-state index in [-0.39, 0.29) is 11.7 Å². The molecule has 0 radical (unpaired) electrons. The molecular formula is C16H22N4O4S. The molecule has 0 bridgehead atoms. The number of aromatic nitrogens is 2. The number of aliphatic hydroxyl groups excluding tert-OH is 1. The first-order valence-electron chi connectivity index (χ1n) is 8.03. The molecule has 9 heteroatoms. The number of aliphatic hydroxyl groups is 1. The van der Waals surface area contributed by atoms with Crippen LogP contribution >= 0.6 is 0 Å². The lowest BCUT2D eigenvalue weighted by Crippen LogP contribution is -2.33. The molecule has 8 nitrogen and oxygen atoms in total. The van der Waals surface area contributed by atoms with Crippen LogP contribution in [0.1, 0.15) is 5.89 Å². The van der Waals surface area contributed by atoms with Crippen LogP contribution in [-0.4, -0.2) is 72.0 Å². The minimum absolute atomic E-state index is 0.0727. The van der Waals surface area contributed by atoms with E-state index in [2.05, 4.69) is 10.2 Å². The number of hydrogen-bond acceptors (Lipinski definition) is 7. The lowest BCUT2D eigenvalue weighted by molar-refractivity contribution is 0.147. The van der Waals surface area contributed by atoms with Gasteiger partial charge in [0.1, 0.15) is 0 Å². The zero-order valence-electron chi connectivity index (χ0n) is 14.2. The molecule has 1 aromatic carbocycles. The number of sulfonamides is 1. The van der Waals surface area contributed by atoms with Gasteiger partial charge in [-0.1, -0.05) is 18.2 Å². The molecule has 1 aliphatic heterocycles. The summed E-state index contributed by atoms with van der Waals surface area (Å²) in [5.74, 6) is 0.490. The average Bonchev–Trinajstić information content (AvgIpc) is 3.15. The Hall–Kier alpha value is -1.81. The Balaban J connectivity index is 1.62.